The molecule has 0 aliphatic rings. The molecule has 8 heteroatoms. The molecule has 2 N–H and O–H groups in total. The Kier molecular flexibility index (Phi) is 25.4. The SMILES string of the molecule is [Ca+2].[Mg+2].[O-][Si]([O-])([O-])O.[OH-]. The van der Waals surface area contributed by atoms with Gasteiger partial charge >= 0.3 is 60.8 Å². The molecule has 0 fully saturated rings. The third-order valence-electron chi connectivity index (χ3n) is 0. The molecule has 8 heavy (non-hydrogen) atoms. The Morgan fingerprint density at radius 2 is 1.12 bits per heavy atom. The van der Waals surface area contributed by atoms with E-state index in [1.165, 1.54) is 0 Å². The van der Waals surface area contributed by atoms with Gasteiger partial charge in [0, 0.05) is 0 Å². The van der Waals surface area contributed by atoms with Crippen LogP contribution in [0, 0.1) is 0 Å². The monoisotopic (exact) mass is 174 g/mol. The van der Waals surface area contributed by atoms with Crippen molar-refractivity contribution in [3.63, 3.8) is 0 Å². The van der Waals surface area contributed by atoms with Crippen molar-refractivity contribution in [1.29, 1.82) is 0 Å². The molecule has 40 valence electrons. The van der Waals surface area contributed by atoms with Crippen LogP contribution < -0.4 is 14.4 Å². The van der Waals surface area contributed by atoms with Crippen molar-refractivity contribution in [2.45, 2.75) is 0 Å². The van der Waals surface area contributed by atoms with E-state index in [9.17, 15) is 0 Å². The van der Waals surface area contributed by atoms with Gasteiger partial charge in [-0.1, -0.05) is 0 Å². The topological polar surface area (TPSA) is 119 Å². The van der Waals surface area contributed by atoms with Crippen LogP contribution in [0.15, 0.2) is 0 Å². The molecule has 0 radical (unpaired) electrons. The summed E-state index contributed by atoms with van der Waals surface area (Å²) in [4.78, 5) is 33.1. The van der Waals surface area contributed by atoms with E-state index in [1.54, 1.807) is 0 Å². The molecule has 0 heterocycles. The first-order valence-electron chi connectivity index (χ1n) is 0.836. The standard InChI is InChI=1S/Ca.Mg.HO4Si.H2O/c;;1-5(2,3)4;/h;;1H;1H2/q2*+2;-3;/p-1. The van der Waals surface area contributed by atoms with Crippen LogP contribution in [0.5, 0.6) is 0 Å². The summed E-state index contributed by atoms with van der Waals surface area (Å²) in [6, 6.07) is 0. The maximum Gasteiger partial charge on any atom is 2.00 e. The summed E-state index contributed by atoms with van der Waals surface area (Å²) in [5.74, 6) is 0. The van der Waals surface area contributed by atoms with Gasteiger partial charge in [-0.05, 0) is 0 Å². The average molecular weight is 174 g/mol. The summed E-state index contributed by atoms with van der Waals surface area (Å²) < 4.78 is 0. The Hall–Kier alpha value is 2.04. The zero-order chi connectivity index (χ0) is 4.50. The Bertz CT molecular complexity index is 27.9. The molecule has 0 saturated carbocycles. The van der Waals surface area contributed by atoms with Crippen LogP contribution >= 0.6 is 0 Å². The van der Waals surface area contributed by atoms with Crippen molar-refractivity contribution < 1.29 is 24.7 Å². The van der Waals surface area contributed by atoms with Crippen LogP contribution in [0.25, 0.3) is 0 Å². The summed E-state index contributed by atoms with van der Waals surface area (Å²) in [7, 11) is -5.36. The minimum Gasteiger partial charge on any atom is -0.870 e. The van der Waals surface area contributed by atoms with Crippen molar-refractivity contribution in [3.05, 3.63) is 0 Å². The largest absolute Gasteiger partial charge is 2.00 e. The first kappa shape index (κ1) is 22.5. The summed E-state index contributed by atoms with van der Waals surface area (Å²) in [6.07, 6.45) is 0. The zero-order valence-electron chi connectivity index (χ0n) is 4.03. The van der Waals surface area contributed by atoms with E-state index in [4.69, 9.17) is 19.2 Å². The van der Waals surface area contributed by atoms with E-state index in [1.807, 2.05) is 0 Å². The predicted molar refractivity (Wildman–Crippen MR) is 21.4 cm³/mol. The summed E-state index contributed by atoms with van der Waals surface area (Å²) in [6.45, 7) is 0. The van der Waals surface area contributed by atoms with Crippen LogP contribution in [0.2, 0.25) is 0 Å². The van der Waals surface area contributed by atoms with Crippen LogP contribution in [-0.4, -0.2) is 80.1 Å². The summed E-state index contributed by atoms with van der Waals surface area (Å²) in [5, 5.41) is 0. The second kappa shape index (κ2) is 9.04. The smallest absolute Gasteiger partial charge is 0.870 e. The molecular formula is H2CaMgO5Si. The third kappa shape index (κ3) is 95.6. The molecule has 0 rings (SSSR count). The molecule has 0 aliphatic heterocycles. The molecule has 5 nitrogen and oxygen atoms in total. The van der Waals surface area contributed by atoms with Crippen molar-refractivity contribution in [2.24, 2.45) is 0 Å². The van der Waals surface area contributed by atoms with Gasteiger partial charge in [0.1, 0.15) is 0 Å². The molecule has 0 aromatic heterocycles. The van der Waals surface area contributed by atoms with E-state index >= 15 is 0 Å². The van der Waals surface area contributed by atoms with Crippen LogP contribution in [0.4, 0.5) is 0 Å². The fraction of sp³-hybridized carbons (Fsp3) is 0. The molecule has 0 bridgehead atoms. The van der Waals surface area contributed by atoms with Crippen molar-refractivity contribution in [2.75, 3.05) is 0 Å². The summed E-state index contributed by atoms with van der Waals surface area (Å²) in [5.41, 5.74) is 0. The predicted octanol–water partition coefficient (Wildman–Crippen LogP) is -5.44. The van der Waals surface area contributed by atoms with E-state index in [-0.39, 0.29) is 66.3 Å². The molecule has 0 aliphatic carbocycles. The third-order valence-corrected chi connectivity index (χ3v) is 0. The fourth-order valence-corrected chi connectivity index (χ4v) is 0. The van der Waals surface area contributed by atoms with E-state index in [0.717, 1.165) is 0 Å². The van der Waals surface area contributed by atoms with E-state index < -0.39 is 9.05 Å². The number of rotatable bonds is 0. The Balaban J connectivity index is -0.0000000267. The maximum atomic E-state index is 8.69. The van der Waals surface area contributed by atoms with Crippen molar-refractivity contribution in [3.8, 4) is 0 Å². The minimum atomic E-state index is -5.36. The van der Waals surface area contributed by atoms with Gasteiger partial charge in [0.25, 0.3) is 0 Å². The second-order valence-corrected chi connectivity index (χ2v) is 1.57. The molecule has 0 saturated heterocycles. The number of hydrogen-bond acceptors (Lipinski definition) is 5. The second-order valence-electron chi connectivity index (χ2n) is 0.524. The molecule has 0 atom stereocenters. The first-order chi connectivity index (χ1) is 2.00. The Morgan fingerprint density at radius 3 is 1.12 bits per heavy atom. The van der Waals surface area contributed by atoms with Crippen LogP contribution in [0.1, 0.15) is 0 Å². The average Bonchev–Trinajstić information content (AvgIpc) is 0.722. The molecule has 0 aromatic carbocycles. The van der Waals surface area contributed by atoms with Gasteiger partial charge in [0.05, 0.1) is 0 Å². The zero-order valence-corrected chi connectivity index (χ0v) is 8.66. The van der Waals surface area contributed by atoms with Gasteiger partial charge in [-0.2, -0.15) is 0 Å². The van der Waals surface area contributed by atoms with Crippen molar-refractivity contribution >= 4 is 69.8 Å². The van der Waals surface area contributed by atoms with Gasteiger partial charge in [-0.25, -0.2) is 0 Å². The minimum absolute atomic E-state index is 0. The summed E-state index contributed by atoms with van der Waals surface area (Å²) >= 11 is 0. The van der Waals surface area contributed by atoms with E-state index in [0.29, 0.717) is 0 Å². The Labute approximate surface area is 93.3 Å². The van der Waals surface area contributed by atoms with Gasteiger partial charge in [0.15, 0.2) is 0 Å². The van der Waals surface area contributed by atoms with Gasteiger partial charge < -0.3 is 24.7 Å². The maximum absolute atomic E-state index is 8.69. The van der Waals surface area contributed by atoms with Crippen LogP contribution in [-0.2, 0) is 0 Å². The molecule has 0 amide bonds. The quantitative estimate of drug-likeness (QED) is 0.368. The molecular weight excluding hydrogens is 172 g/mol. The molecule has 0 aromatic rings. The first-order valence-corrected chi connectivity index (χ1v) is 2.51. The van der Waals surface area contributed by atoms with Crippen LogP contribution in [0.3, 0.4) is 0 Å². The normalized spacial score (nSPS) is 7.50. The molecule has 0 unspecified atom stereocenters. The molecule has 0 spiro atoms. The van der Waals surface area contributed by atoms with Gasteiger partial charge in [-0.15, -0.1) is 9.05 Å². The Morgan fingerprint density at radius 1 is 1.12 bits per heavy atom. The van der Waals surface area contributed by atoms with Gasteiger partial charge in [0.2, 0.25) is 0 Å². The number of hydrogen-bond donors (Lipinski definition) is 1. The fourth-order valence-electron chi connectivity index (χ4n) is 0. The van der Waals surface area contributed by atoms with Gasteiger partial charge in [-0.3, -0.25) is 0 Å². The van der Waals surface area contributed by atoms with Crippen molar-refractivity contribution in [1.82, 2.24) is 0 Å². The van der Waals surface area contributed by atoms with E-state index in [2.05, 4.69) is 0 Å².